The van der Waals surface area contributed by atoms with Crippen molar-refractivity contribution in [1.29, 1.82) is 0 Å². The second kappa shape index (κ2) is 10.1. The van der Waals surface area contributed by atoms with Gasteiger partial charge in [-0.15, -0.1) is 0 Å². The summed E-state index contributed by atoms with van der Waals surface area (Å²) in [6, 6.07) is 5.62. The Morgan fingerprint density at radius 2 is 1.90 bits per heavy atom. The van der Waals surface area contributed by atoms with E-state index in [9.17, 15) is 26.7 Å². The summed E-state index contributed by atoms with van der Waals surface area (Å²) in [4.78, 5) is 14.9. The van der Waals surface area contributed by atoms with Gasteiger partial charge in [-0.1, -0.05) is 31.2 Å². The van der Waals surface area contributed by atoms with Gasteiger partial charge in [0, 0.05) is 11.9 Å². The van der Waals surface area contributed by atoms with Gasteiger partial charge in [0.05, 0.1) is 5.56 Å². The summed E-state index contributed by atoms with van der Waals surface area (Å²) in [6.45, 7) is -0.620. The van der Waals surface area contributed by atoms with Crippen molar-refractivity contribution in [3.05, 3.63) is 69.8 Å². The number of hydrogen-bond donors (Lipinski definition) is 2. The molecule has 162 valence electrons. The molecule has 4 nitrogen and oxygen atoms in total. The molecule has 0 aliphatic rings. The molecule has 0 spiro atoms. The highest BCUT2D eigenvalue weighted by Crippen LogP contribution is 2.25. The van der Waals surface area contributed by atoms with Crippen molar-refractivity contribution in [3.8, 4) is 16.9 Å². The smallest absolute Gasteiger partial charge is 0.405 e. The summed E-state index contributed by atoms with van der Waals surface area (Å²) in [7, 11) is 0. The fourth-order valence-corrected chi connectivity index (χ4v) is 2.76. The topological polar surface area (TPSA) is 54.1 Å². The first kappa shape index (κ1) is 23.2. The van der Waals surface area contributed by atoms with Crippen LogP contribution in [0.25, 0.3) is 17.2 Å². The fourth-order valence-electron chi connectivity index (χ4n) is 2.76. The van der Waals surface area contributed by atoms with Crippen LogP contribution in [0.4, 0.5) is 22.0 Å². The van der Waals surface area contributed by atoms with E-state index in [1.807, 2.05) is 0 Å². The van der Waals surface area contributed by atoms with E-state index in [4.69, 9.17) is 0 Å². The highest BCUT2D eigenvalue weighted by molar-refractivity contribution is 5.72. The zero-order valence-electron chi connectivity index (χ0n) is 16.3. The Hall–Kier alpha value is -3.10. The van der Waals surface area contributed by atoms with Gasteiger partial charge in [0.1, 0.15) is 12.3 Å². The molecular formula is C21H21F5N2O2. The van der Waals surface area contributed by atoms with Crippen molar-refractivity contribution in [3.63, 3.8) is 0 Å². The Kier molecular flexibility index (Phi) is 7.79. The average Bonchev–Trinajstić information content (AvgIpc) is 2.65. The first-order chi connectivity index (χ1) is 14.1. The van der Waals surface area contributed by atoms with Gasteiger partial charge < -0.3 is 15.0 Å². The van der Waals surface area contributed by atoms with Crippen LogP contribution in [-0.2, 0) is 0 Å². The Morgan fingerprint density at radius 3 is 2.47 bits per heavy atom. The normalized spacial score (nSPS) is 12.6. The van der Waals surface area contributed by atoms with Crippen LogP contribution in [0.5, 0.6) is 5.75 Å². The van der Waals surface area contributed by atoms with Crippen molar-refractivity contribution in [1.82, 2.24) is 10.3 Å². The van der Waals surface area contributed by atoms with E-state index in [1.165, 1.54) is 36.5 Å². The van der Waals surface area contributed by atoms with Gasteiger partial charge in [-0.2, -0.15) is 22.0 Å². The van der Waals surface area contributed by atoms with Gasteiger partial charge in [-0.05, 0) is 48.2 Å². The average molecular weight is 428 g/mol. The third kappa shape index (κ3) is 6.75. The van der Waals surface area contributed by atoms with E-state index in [0.29, 0.717) is 34.4 Å². The number of aromatic amines is 1. The van der Waals surface area contributed by atoms with Crippen LogP contribution in [-0.4, -0.2) is 24.3 Å². The summed E-state index contributed by atoms with van der Waals surface area (Å²) in [5.41, 5.74) is 1.91. The lowest BCUT2D eigenvalue weighted by Gasteiger charge is -2.11. The molecular weight excluding hydrogens is 407 g/mol. The third-order valence-corrected chi connectivity index (χ3v) is 4.12. The summed E-state index contributed by atoms with van der Waals surface area (Å²) in [5, 5.41) is 2.33. The molecule has 2 rings (SSSR count). The zero-order valence-corrected chi connectivity index (χ0v) is 16.3. The molecule has 0 bridgehead atoms. The predicted octanol–water partition coefficient (Wildman–Crippen LogP) is 5.41. The first-order valence-electron chi connectivity index (χ1n) is 9.07. The van der Waals surface area contributed by atoms with Crippen LogP contribution in [0.2, 0.25) is 0 Å². The van der Waals surface area contributed by atoms with Crippen LogP contribution >= 0.6 is 0 Å². The fraction of sp³-hybridized carbons (Fsp3) is 0.286. The molecule has 0 amide bonds. The maximum Gasteiger partial charge on any atom is 0.405 e. The second-order valence-corrected chi connectivity index (χ2v) is 6.35. The number of alkyl halides is 5. The third-order valence-electron chi connectivity index (χ3n) is 4.12. The van der Waals surface area contributed by atoms with Crippen molar-refractivity contribution in [2.24, 2.45) is 0 Å². The summed E-state index contributed by atoms with van der Waals surface area (Å²) in [5.74, 6) is -0.0380. The lowest BCUT2D eigenvalue weighted by molar-refractivity contribution is -0.123. The summed E-state index contributed by atoms with van der Waals surface area (Å²) >= 11 is 0. The van der Waals surface area contributed by atoms with Crippen molar-refractivity contribution >= 4 is 6.08 Å². The molecule has 30 heavy (non-hydrogen) atoms. The lowest BCUT2D eigenvalue weighted by atomic mass is 9.98. The quantitative estimate of drug-likeness (QED) is 0.437. The van der Waals surface area contributed by atoms with Gasteiger partial charge in [0.25, 0.3) is 5.56 Å². The number of allylic oxidation sites excluding steroid dienone is 2. The van der Waals surface area contributed by atoms with E-state index in [0.717, 1.165) is 0 Å². The minimum Gasteiger partial charge on any atom is -0.435 e. The maximum absolute atomic E-state index is 12.5. The van der Waals surface area contributed by atoms with Crippen LogP contribution in [0, 0.1) is 6.92 Å². The van der Waals surface area contributed by atoms with Gasteiger partial charge in [0.15, 0.2) is 0 Å². The maximum atomic E-state index is 12.5. The molecule has 0 aliphatic carbocycles. The molecule has 0 unspecified atom stereocenters. The monoisotopic (exact) mass is 428 g/mol. The number of rotatable bonds is 8. The summed E-state index contributed by atoms with van der Waals surface area (Å²) in [6.07, 6.45) is 2.35. The SMILES string of the molecule is CC/C=C(/C=C\c1c[nH]c(=O)c(-c2ccc(OC(F)F)cc2)c1C)NCC(F)(F)F. The highest BCUT2D eigenvalue weighted by Gasteiger charge is 2.26. The standard InChI is InChI=1S/C21H21F5N2O2/c1-3-4-16(28-12-21(24,25)26)8-5-15-11-27-19(29)18(13(15)2)14-6-9-17(10-7-14)30-20(22)23/h4-11,20,28H,3,12H2,1-2H3,(H,27,29)/b8-5-,16-4-. The number of aromatic nitrogens is 1. The Bertz CT molecular complexity index is 961. The molecule has 0 atom stereocenters. The Labute approximate surface area is 170 Å². The number of hydrogen-bond acceptors (Lipinski definition) is 3. The molecule has 0 saturated carbocycles. The minimum atomic E-state index is -4.35. The van der Waals surface area contributed by atoms with Gasteiger partial charge >= 0.3 is 12.8 Å². The number of halogens is 5. The highest BCUT2D eigenvalue weighted by atomic mass is 19.4. The van der Waals surface area contributed by atoms with Crippen molar-refractivity contribution < 1.29 is 26.7 Å². The number of benzene rings is 1. The molecule has 0 radical (unpaired) electrons. The van der Waals surface area contributed by atoms with Gasteiger partial charge in [-0.25, -0.2) is 0 Å². The zero-order chi connectivity index (χ0) is 22.3. The van der Waals surface area contributed by atoms with Gasteiger partial charge in [-0.3, -0.25) is 4.79 Å². The lowest BCUT2D eigenvalue weighted by Crippen LogP contribution is -2.27. The van der Waals surface area contributed by atoms with E-state index in [1.54, 1.807) is 26.0 Å². The molecule has 0 saturated heterocycles. The molecule has 9 heteroatoms. The van der Waals surface area contributed by atoms with Crippen LogP contribution in [0.1, 0.15) is 24.5 Å². The first-order valence-corrected chi connectivity index (χ1v) is 9.07. The van der Waals surface area contributed by atoms with Crippen molar-refractivity contribution in [2.45, 2.75) is 33.1 Å². The van der Waals surface area contributed by atoms with E-state index < -0.39 is 19.3 Å². The second-order valence-electron chi connectivity index (χ2n) is 6.35. The molecule has 1 aromatic heterocycles. The van der Waals surface area contributed by atoms with Crippen LogP contribution < -0.4 is 15.6 Å². The molecule has 0 aliphatic heterocycles. The molecule has 2 aromatic rings. The minimum absolute atomic E-state index is 0.0380. The number of ether oxygens (including phenoxy) is 1. The molecule has 1 aromatic carbocycles. The number of nitrogens with one attached hydrogen (secondary N) is 2. The molecule has 0 fully saturated rings. The van der Waals surface area contributed by atoms with Crippen molar-refractivity contribution in [2.75, 3.05) is 6.54 Å². The van der Waals surface area contributed by atoms with E-state index in [2.05, 4.69) is 15.0 Å². The van der Waals surface area contributed by atoms with E-state index >= 15 is 0 Å². The number of H-pyrrole nitrogens is 1. The van der Waals surface area contributed by atoms with Crippen LogP contribution in [0.15, 0.2) is 53.1 Å². The number of pyridine rings is 1. The predicted molar refractivity (Wildman–Crippen MR) is 105 cm³/mol. The van der Waals surface area contributed by atoms with E-state index in [-0.39, 0.29) is 11.3 Å². The molecule has 2 N–H and O–H groups in total. The Balaban J connectivity index is 2.32. The Morgan fingerprint density at radius 1 is 1.23 bits per heavy atom. The largest absolute Gasteiger partial charge is 0.435 e. The van der Waals surface area contributed by atoms with Gasteiger partial charge in [0.2, 0.25) is 0 Å². The summed E-state index contributed by atoms with van der Waals surface area (Å²) < 4.78 is 66.3. The van der Waals surface area contributed by atoms with Crippen LogP contribution in [0.3, 0.4) is 0 Å². The molecule has 1 heterocycles.